The van der Waals surface area contributed by atoms with Crippen LogP contribution in [-0.2, 0) is 11.8 Å². The Balaban J connectivity index is 1.78. The molecule has 0 atom stereocenters. The molecule has 0 unspecified atom stereocenters. The summed E-state index contributed by atoms with van der Waals surface area (Å²) in [6.45, 7) is 0. The highest BCUT2D eigenvalue weighted by Crippen LogP contribution is 2.28. The second-order valence-electron chi connectivity index (χ2n) is 6.11. The number of aromatic nitrogens is 2. The van der Waals surface area contributed by atoms with Crippen LogP contribution in [-0.4, -0.2) is 21.0 Å². The molecule has 1 amide bonds. The number of hydrogen-bond donors (Lipinski definition) is 2. The summed E-state index contributed by atoms with van der Waals surface area (Å²) >= 11 is 0. The van der Waals surface area contributed by atoms with Crippen molar-refractivity contribution in [2.45, 2.75) is 37.6 Å². The Morgan fingerprint density at radius 3 is 2.77 bits per heavy atom. The monoisotopic (exact) mass is 298 g/mol. The largest absolute Gasteiger partial charge is 0.334 e. The topological polar surface area (TPSA) is 72.9 Å². The summed E-state index contributed by atoms with van der Waals surface area (Å²) in [5.74, 6) is 0.792. The van der Waals surface area contributed by atoms with E-state index in [1.54, 1.807) is 6.20 Å². The summed E-state index contributed by atoms with van der Waals surface area (Å²) in [4.78, 5) is 16.8. The molecule has 1 aromatic heterocycles. The molecule has 1 aliphatic carbocycles. The number of nitrogens with one attached hydrogen (secondary N) is 1. The Bertz CT molecular complexity index is 671. The molecule has 3 N–H and O–H groups in total. The normalized spacial score (nSPS) is 17.2. The molecule has 1 saturated carbocycles. The Hall–Kier alpha value is -2.14. The van der Waals surface area contributed by atoms with Gasteiger partial charge in [-0.3, -0.25) is 4.79 Å². The smallest absolute Gasteiger partial charge is 0.244 e. The molecule has 0 radical (unpaired) electrons. The van der Waals surface area contributed by atoms with Crippen LogP contribution in [0, 0.1) is 0 Å². The summed E-state index contributed by atoms with van der Waals surface area (Å²) in [7, 11) is 1.95. The van der Waals surface area contributed by atoms with Gasteiger partial charge < -0.3 is 15.6 Å². The second-order valence-corrected chi connectivity index (χ2v) is 6.11. The van der Waals surface area contributed by atoms with E-state index in [0.29, 0.717) is 0 Å². The van der Waals surface area contributed by atoms with Crippen molar-refractivity contribution >= 4 is 11.6 Å². The van der Waals surface area contributed by atoms with Gasteiger partial charge in [0.25, 0.3) is 0 Å². The average Bonchev–Trinajstić information content (AvgIpc) is 2.94. The minimum absolute atomic E-state index is 0.0795. The second kappa shape index (κ2) is 5.93. The van der Waals surface area contributed by atoms with Gasteiger partial charge in [-0.15, -0.1) is 0 Å². The van der Waals surface area contributed by atoms with E-state index in [4.69, 9.17) is 5.73 Å². The highest BCUT2D eigenvalue weighted by molar-refractivity contribution is 5.98. The number of carbonyl (C=O) groups is 1. The number of benzene rings is 1. The van der Waals surface area contributed by atoms with Crippen molar-refractivity contribution in [1.29, 1.82) is 0 Å². The highest BCUT2D eigenvalue weighted by atomic mass is 16.2. The zero-order valence-electron chi connectivity index (χ0n) is 12.9. The van der Waals surface area contributed by atoms with E-state index in [1.165, 1.54) is 6.42 Å². The first-order chi connectivity index (χ1) is 10.6. The number of carbonyl (C=O) groups excluding carboxylic acids is 1. The van der Waals surface area contributed by atoms with Gasteiger partial charge in [0, 0.05) is 30.7 Å². The molecular weight excluding hydrogens is 276 g/mol. The molecule has 0 saturated heterocycles. The van der Waals surface area contributed by atoms with Crippen molar-refractivity contribution in [1.82, 2.24) is 9.55 Å². The summed E-state index contributed by atoms with van der Waals surface area (Å²) in [5.41, 5.74) is 7.29. The maximum atomic E-state index is 12.5. The van der Waals surface area contributed by atoms with E-state index in [2.05, 4.69) is 10.3 Å². The van der Waals surface area contributed by atoms with Crippen molar-refractivity contribution in [3.63, 3.8) is 0 Å². The standard InChI is InChI=1S/C17H22N4O/c1-21-11-10-19-15(21)13-6-5-7-14(12-13)20-16(22)17(18)8-3-2-4-9-17/h5-7,10-12H,2-4,8-9,18H2,1H3,(H,20,22). The summed E-state index contributed by atoms with van der Waals surface area (Å²) in [6.07, 6.45) is 8.40. The summed E-state index contributed by atoms with van der Waals surface area (Å²) in [6, 6.07) is 7.73. The van der Waals surface area contributed by atoms with E-state index in [-0.39, 0.29) is 5.91 Å². The van der Waals surface area contributed by atoms with Crippen molar-refractivity contribution < 1.29 is 4.79 Å². The van der Waals surface area contributed by atoms with Gasteiger partial charge in [0.1, 0.15) is 5.82 Å². The molecule has 0 bridgehead atoms. The van der Waals surface area contributed by atoms with Crippen LogP contribution in [0.3, 0.4) is 0 Å². The molecule has 116 valence electrons. The fourth-order valence-electron chi connectivity index (χ4n) is 3.05. The first kappa shape index (κ1) is 14.8. The molecule has 0 aliphatic heterocycles. The number of nitrogens with zero attached hydrogens (tertiary/aromatic N) is 2. The predicted octanol–water partition coefficient (Wildman–Crippen LogP) is 2.69. The lowest BCUT2D eigenvalue weighted by molar-refractivity contribution is -0.122. The van der Waals surface area contributed by atoms with Gasteiger partial charge >= 0.3 is 0 Å². The first-order valence-corrected chi connectivity index (χ1v) is 7.77. The number of aryl methyl sites for hydroxylation is 1. The lowest BCUT2D eigenvalue weighted by Crippen LogP contribution is -2.52. The van der Waals surface area contributed by atoms with Crippen molar-refractivity contribution in [3.8, 4) is 11.4 Å². The highest BCUT2D eigenvalue weighted by Gasteiger charge is 2.35. The molecule has 1 heterocycles. The van der Waals surface area contributed by atoms with Crippen LogP contribution in [0.1, 0.15) is 32.1 Å². The predicted molar refractivity (Wildman–Crippen MR) is 87.3 cm³/mol. The Labute approximate surface area is 130 Å². The molecule has 0 spiro atoms. The van der Waals surface area contributed by atoms with E-state index in [0.717, 1.165) is 42.8 Å². The van der Waals surface area contributed by atoms with Crippen LogP contribution in [0.4, 0.5) is 5.69 Å². The maximum absolute atomic E-state index is 12.5. The molecule has 5 nitrogen and oxygen atoms in total. The number of imidazole rings is 1. The maximum Gasteiger partial charge on any atom is 0.244 e. The third-order valence-electron chi connectivity index (χ3n) is 4.40. The van der Waals surface area contributed by atoms with E-state index in [9.17, 15) is 4.79 Å². The van der Waals surface area contributed by atoms with E-state index in [1.807, 2.05) is 42.1 Å². The third kappa shape index (κ3) is 2.90. The van der Waals surface area contributed by atoms with Gasteiger partial charge in [0.15, 0.2) is 0 Å². The number of rotatable bonds is 3. The number of nitrogens with two attached hydrogens (primary N) is 1. The molecule has 1 aliphatic rings. The van der Waals surface area contributed by atoms with Crippen LogP contribution in [0.15, 0.2) is 36.7 Å². The summed E-state index contributed by atoms with van der Waals surface area (Å²) in [5, 5.41) is 2.97. The van der Waals surface area contributed by atoms with Crippen LogP contribution >= 0.6 is 0 Å². The fraction of sp³-hybridized carbons (Fsp3) is 0.412. The van der Waals surface area contributed by atoms with Crippen LogP contribution in [0.25, 0.3) is 11.4 Å². The summed E-state index contributed by atoms with van der Waals surface area (Å²) < 4.78 is 1.95. The SMILES string of the molecule is Cn1ccnc1-c1cccc(NC(=O)C2(N)CCCCC2)c1. The first-order valence-electron chi connectivity index (χ1n) is 7.77. The quantitative estimate of drug-likeness (QED) is 0.915. The van der Waals surface area contributed by atoms with Crippen molar-refractivity contribution in [3.05, 3.63) is 36.7 Å². The van der Waals surface area contributed by atoms with E-state index >= 15 is 0 Å². The Morgan fingerprint density at radius 2 is 2.09 bits per heavy atom. The Kier molecular flexibility index (Phi) is 3.98. The molecule has 22 heavy (non-hydrogen) atoms. The third-order valence-corrected chi connectivity index (χ3v) is 4.40. The van der Waals surface area contributed by atoms with Gasteiger partial charge in [-0.1, -0.05) is 31.4 Å². The molecule has 3 rings (SSSR count). The van der Waals surface area contributed by atoms with E-state index < -0.39 is 5.54 Å². The van der Waals surface area contributed by atoms with Crippen molar-refractivity contribution in [2.24, 2.45) is 12.8 Å². The van der Waals surface area contributed by atoms with Crippen LogP contribution in [0.5, 0.6) is 0 Å². The van der Waals surface area contributed by atoms with Gasteiger partial charge in [-0.05, 0) is 25.0 Å². The molecule has 2 aromatic rings. The lowest BCUT2D eigenvalue weighted by Gasteiger charge is -2.31. The minimum Gasteiger partial charge on any atom is -0.334 e. The molecule has 5 heteroatoms. The number of anilines is 1. The fourth-order valence-corrected chi connectivity index (χ4v) is 3.05. The zero-order valence-corrected chi connectivity index (χ0v) is 12.9. The lowest BCUT2D eigenvalue weighted by atomic mass is 9.82. The number of amides is 1. The van der Waals surface area contributed by atoms with Gasteiger partial charge in [0.05, 0.1) is 5.54 Å². The molecular formula is C17H22N4O. The molecule has 1 fully saturated rings. The zero-order chi connectivity index (χ0) is 15.6. The minimum atomic E-state index is -0.725. The van der Waals surface area contributed by atoms with Gasteiger partial charge in [-0.2, -0.15) is 0 Å². The molecule has 1 aromatic carbocycles. The van der Waals surface area contributed by atoms with Crippen LogP contribution in [0.2, 0.25) is 0 Å². The van der Waals surface area contributed by atoms with Crippen LogP contribution < -0.4 is 11.1 Å². The number of hydrogen-bond acceptors (Lipinski definition) is 3. The van der Waals surface area contributed by atoms with Crippen molar-refractivity contribution in [2.75, 3.05) is 5.32 Å². The Morgan fingerprint density at radius 1 is 1.32 bits per heavy atom. The van der Waals surface area contributed by atoms with Gasteiger partial charge in [0.2, 0.25) is 5.91 Å². The average molecular weight is 298 g/mol. The van der Waals surface area contributed by atoms with Gasteiger partial charge in [-0.25, -0.2) is 4.98 Å².